The molecule has 0 aliphatic carbocycles. The molecule has 0 bridgehead atoms. The number of hydrogen-bond donors (Lipinski definition) is 2. The van der Waals surface area contributed by atoms with Gasteiger partial charge in [-0.25, -0.2) is 0 Å². The van der Waals surface area contributed by atoms with Crippen LogP contribution in [0, 0.1) is 0 Å². The van der Waals surface area contributed by atoms with Gasteiger partial charge in [-0.3, -0.25) is 4.79 Å². The molecule has 1 amide bonds. The minimum Gasteiger partial charge on any atom is -0.497 e. The molecule has 0 saturated carbocycles. The summed E-state index contributed by atoms with van der Waals surface area (Å²) in [7, 11) is 3.00. The lowest BCUT2D eigenvalue weighted by molar-refractivity contribution is -0.161. The SMILES string of the molecule is COCO[C@H]1C(=O)N(c2ccc(OC)cc2)[C@H]1[C@H](O)CO. The number of aliphatic hydroxyl groups is 2. The van der Waals surface area contributed by atoms with E-state index in [0.717, 1.165) is 0 Å². The summed E-state index contributed by atoms with van der Waals surface area (Å²) in [5.74, 6) is 0.382. The first-order chi connectivity index (χ1) is 10.1. The highest BCUT2D eigenvalue weighted by atomic mass is 16.7. The van der Waals surface area contributed by atoms with Gasteiger partial charge >= 0.3 is 0 Å². The zero-order chi connectivity index (χ0) is 15.4. The summed E-state index contributed by atoms with van der Waals surface area (Å²) in [5.41, 5.74) is 0.607. The van der Waals surface area contributed by atoms with Crippen molar-refractivity contribution in [2.24, 2.45) is 0 Å². The van der Waals surface area contributed by atoms with E-state index in [1.807, 2.05) is 0 Å². The number of carbonyl (C=O) groups excluding carboxylic acids is 1. The van der Waals surface area contributed by atoms with Crippen molar-refractivity contribution in [2.75, 3.05) is 32.5 Å². The van der Waals surface area contributed by atoms with Crippen molar-refractivity contribution in [3.63, 3.8) is 0 Å². The lowest BCUT2D eigenvalue weighted by atomic mass is 9.91. The Morgan fingerprint density at radius 3 is 2.48 bits per heavy atom. The third-order valence-electron chi connectivity index (χ3n) is 3.39. The normalized spacial score (nSPS) is 22.9. The third-order valence-corrected chi connectivity index (χ3v) is 3.39. The molecule has 0 spiro atoms. The van der Waals surface area contributed by atoms with Gasteiger partial charge in [0.25, 0.3) is 5.91 Å². The van der Waals surface area contributed by atoms with Gasteiger partial charge < -0.3 is 29.3 Å². The van der Waals surface area contributed by atoms with Gasteiger partial charge in [-0.05, 0) is 24.3 Å². The first-order valence-electron chi connectivity index (χ1n) is 6.50. The number of amides is 1. The molecule has 2 N–H and O–H groups in total. The molecular weight excluding hydrogens is 278 g/mol. The van der Waals surface area contributed by atoms with E-state index >= 15 is 0 Å². The lowest BCUT2D eigenvalue weighted by Crippen LogP contribution is -2.71. The van der Waals surface area contributed by atoms with Crippen LogP contribution in [0.15, 0.2) is 24.3 Å². The summed E-state index contributed by atoms with van der Waals surface area (Å²) in [6.07, 6.45) is -1.92. The van der Waals surface area contributed by atoms with Crippen LogP contribution >= 0.6 is 0 Å². The van der Waals surface area contributed by atoms with Gasteiger partial charge in [0.15, 0.2) is 6.10 Å². The molecule has 1 saturated heterocycles. The number of carbonyl (C=O) groups is 1. The summed E-state index contributed by atoms with van der Waals surface area (Å²) < 4.78 is 15.1. The fraction of sp³-hybridized carbons (Fsp3) is 0.500. The van der Waals surface area contributed by atoms with Gasteiger partial charge in [-0.2, -0.15) is 0 Å². The van der Waals surface area contributed by atoms with Gasteiger partial charge in [0.05, 0.1) is 13.7 Å². The monoisotopic (exact) mass is 297 g/mol. The van der Waals surface area contributed by atoms with Crippen molar-refractivity contribution in [1.82, 2.24) is 0 Å². The van der Waals surface area contributed by atoms with Crippen molar-refractivity contribution >= 4 is 11.6 Å². The van der Waals surface area contributed by atoms with E-state index in [-0.39, 0.29) is 12.7 Å². The Hall–Kier alpha value is -1.67. The fourth-order valence-electron chi connectivity index (χ4n) is 2.32. The van der Waals surface area contributed by atoms with E-state index in [1.165, 1.54) is 12.0 Å². The Balaban J connectivity index is 2.18. The second-order valence-corrected chi connectivity index (χ2v) is 4.64. The van der Waals surface area contributed by atoms with Crippen LogP contribution in [0.3, 0.4) is 0 Å². The Kier molecular flexibility index (Phi) is 5.13. The molecule has 0 radical (unpaired) electrons. The molecule has 0 aromatic heterocycles. The predicted molar refractivity (Wildman–Crippen MR) is 74.1 cm³/mol. The van der Waals surface area contributed by atoms with Gasteiger partial charge in [0.2, 0.25) is 0 Å². The summed E-state index contributed by atoms with van der Waals surface area (Å²) in [6.45, 7) is -0.515. The van der Waals surface area contributed by atoms with Crippen molar-refractivity contribution in [3.8, 4) is 5.75 Å². The maximum atomic E-state index is 12.2. The number of rotatable bonds is 7. The molecule has 7 nitrogen and oxygen atoms in total. The highest BCUT2D eigenvalue weighted by molar-refractivity contribution is 6.05. The molecule has 1 aliphatic rings. The largest absolute Gasteiger partial charge is 0.497 e. The number of nitrogens with zero attached hydrogens (tertiary/aromatic N) is 1. The molecule has 7 heteroatoms. The summed E-state index contributed by atoms with van der Waals surface area (Å²) in [5, 5.41) is 19.1. The van der Waals surface area contributed by atoms with E-state index in [0.29, 0.717) is 11.4 Å². The zero-order valence-corrected chi connectivity index (χ0v) is 11.9. The van der Waals surface area contributed by atoms with Crippen molar-refractivity contribution < 1.29 is 29.2 Å². The van der Waals surface area contributed by atoms with Crippen LogP contribution in [-0.4, -0.2) is 62.0 Å². The summed E-state index contributed by atoms with van der Waals surface area (Å²) in [6, 6.07) is 6.20. The maximum absolute atomic E-state index is 12.2. The molecule has 1 fully saturated rings. The van der Waals surface area contributed by atoms with Crippen molar-refractivity contribution in [1.29, 1.82) is 0 Å². The number of aliphatic hydroxyl groups excluding tert-OH is 2. The second kappa shape index (κ2) is 6.86. The topological polar surface area (TPSA) is 88.5 Å². The smallest absolute Gasteiger partial charge is 0.258 e. The van der Waals surface area contributed by atoms with Gasteiger partial charge in [0.1, 0.15) is 24.7 Å². The zero-order valence-electron chi connectivity index (χ0n) is 11.9. The fourth-order valence-corrected chi connectivity index (χ4v) is 2.32. The second-order valence-electron chi connectivity index (χ2n) is 4.64. The van der Waals surface area contributed by atoms with Crippen LogP contribution in [-0.2, 0) is 14.3 Å². The van der Waals surface area contributed by atoms with Crippen LogP contribution in [0.25, 0.3) is 0 Å². The molecule has 0 unspecified atom stereocenters. The molecule has 1 aliphatic heterocycles. The van der Waals surface area contributed by atoms with E-state index in [4.69, 9.17) is 19.3 Å². The Morgan fingerprint density at radius 1 is 1.29 bits per heavy atom. The summed E-state index contributed by atoms with van der Waals surface area (Å²) >= 11 is 0. The minimum atomic E-state index is -1.09. The Labute approximate surface area is 122 Å². The van der Waals surface area contributed by atoms with E-state index in [2.05, 4.69) is 0 Å². The van der Waals surface area contributed by atoms with Gasteiger partial charge in [-0.15, -0.1) is 0 Å². The van der Waals surface area contributed by atoms with E-state index in [1.54, 1.807) is 31.4 Å². The number of hydrogen-bond acceptors (Lipinski definition) is 6. The first kappa shape index (κ1) is 15.7. The number of benzene rings is 1. The Morgan fingerprint density at radius 2 is 1.95 bits per heavy atom. The van der Waals surface area contributed by atoms with E-state index < -0.39 is 24.9 Å². The lowest BCUT2D eigenvalue weighted by Gasteiger charge is -2.48. The van der Waals surface area contributed by atoms with Crippen molar-refractivity contribution in [3.05, 3.63) is 24.3 Å². The van der Waals surface area contributed by atoms with Gasteiger partial charge in [-0.1, -0.05) is 0 Å². The van der Waals surface area contributed by atoms with Crippen LogP contribution in [0.1, 0.15) is 0 Å². The molecule has 3 atom stereocenters. The van der Waals surface area contributed by atoms with E-state index in [9.17, 15) is 9.90 Å². The average molecular weight is 297 g/mol. The number of anilines is 1. The molecule has 1 aromatic rings. The molecule has 21 heavy (non-hydrogen) atoms. The van der Waals surface area contributed by atoms with Crippen LogP contribution in [0.2, 0.25) is 0 Å². The molecular formula is C14H19NO6. The number of methoxy groups -OCH3 is 2. The van der Waals surface area contributed by atoms with Crippen molar-refractivity contribution in [2.45, 2.75) is 18.2 Å². The minimum absolute atomic E-state index is 0.0541. The molecule has 2 rings (SSSR count). The molecule has 1 heterocycles. The van der Waals surface area contributed by atoms with Gasteiger partial charge in [0, 0.05) is 12.8 Å². The quantitative estimate of drug-likeness (QED) is 0.533. The van der Waals surface area contributed by atoms with Crippen LogP contribution in [0.4, 0.5) is 5.69 Å². The van der Waals surface area contributed by atoms with Crippen LogP contribution in [0.5, 0.6) is 5.75 Å². The predicted octanol–water partition coefficient (Wildman–Crippen LogP) is -0.247. The number of ether oxygens (including phenoxy) is 3. The number of β-lactam (4-membered cyclic amide) rings is 1. The first-order valence-corrected chi connectivity index (χ1v) is 6.50. The highest BCUT2D eigenvalue weighted by Crippen LogP contribution is 2.33. The summed E-state index contributed by atoms with van der Waals surface area (Å²) in [4.78, 5) is 13.6. The average Bonchev–Trinajstić information content (AvgIpc) is 2.52. The molecule has 1 aromatic carbocycles. The third kappa shape index (κ3) is 3.01. The highest BCUT2D eigenvalue weighted by Gasteiger charge is 2.52. The Bertz CT molecular complexity index is 477. The maximum Gasteiger partial charge on any atom is 0.258 e. The van der Waals surface area contributed by atoms with Crippen LogP contribution < -0.4 is 9.64 Å². The standard InChI is InChI=1S/C14H19NO6/c1-19-8-21-13-12(11(17)7-16)15(14(13)18)9-3-5-10(20-2)6-4-9/h3-6,11-13,16-17H,7-8H2,1-2H3/t11-,12+,13-/m1/s1. The molecule has 116 valence electrons.